The van der Waals surface area contributed by atoms with Crippen molar-refractivity contribution in [2.24, 2.45) is 0 Å². The first kappa shape index (κ1) is 24.8. The smallest absolute Gasteiger partial charge is 0.255 e. The van der Waals surface area contributed by atoms with Crippen LogP contribution in [0.25, 0.3) is 0 Å². The number of carbonyl (C=O) groups excluding carboxylic acids is 4. The Kier molecular flexibility index (Phi) is 7.35. The second-order valence-electron chi connectivity index (χ2n) is 10.0. The van der Waals surface area contributed by atoms with E-state index in [0.717, 1.165) is 29.5 Å². The molecule has 1 amide bonds. The van der Waals surface area contributed by atoms with Crippen molar-refractivity contribution in [3.05, 3.63) is 100 Å². The van der Waals surface area contributed by atoms with Crippen molar-refractivity contribution in [3.8, 4) is 0 Å². The number of hydrogen-bond donors (Lipinski definition) is 0. The summed E-state index contributed by atoms with van der Waals surface area (Å²) in [6.07, 6.45) is 7.66. The number of carbonyl (C=O) groups is 4. The van der Waals surface area contributed by atoms with Crippen molar-refractivity contribution in [2.75, 3.05) is 0 Å². The Bertz CT molecular complexity index is 1330. The lowest BCUT2D eigenvalue weighted by atomic mass is 9.92. The van der Waals surface area contributed by atoms with E-state index in [0.29, 0.717) is 44.2 Å². The number of rotatable bonds is 9. The van der Waals surface area contributed by atoms with Crippen LogP contribution in [0.3, 0.4) is 0 Å². The minimum atomic E-state index is -0.510. The van der Waals surface area contributed by atoms with Crippen molar-refractivity contribution in [1.29, 1.82) is 0 Å². The Morgan fingerprint density at radius 2 is 1.51 bits per heavy atom. The number of aryl methyl sites for hydroxylation is 3. The molecule has 1 unspecified atom stereocenters. The Morgan fingerprint density at radius 1 is 0.838 bits per heavy atom. The summed E-state index contributed by atoms with van der Waals surface area (Å²) in [6.45, 7) is 0.383. The van der Waals surface area contributed by atoms with Crippen LogP contribution in [0, 0.1) is 0 Å². The van der Waals surface area contributed by atoms with E-state index in [2.05, 4.69) is 17.1 Å². The van der Waals surface area contributed by atoms with Crippen molar-refractivity contribution in [3.63, 3.8) is 0 Å². The minimum Gasteiger partial charge on any atom is -0.324 e. The zero-order valence-corrected chi connectivity index (χ0v) is 20.8. The Labute approximate surface area is 216 Å². The number of benzene rings is 2. The lowest BCUT2D eigenvalue weighted by molar-refractivity contribution is -0.133. The molecule has 188 valence electrons. The lowest BCUT2D eigenvalue weighted by Crippen LogP contribution is -2.44. The second-order valence-corrected chi connectivity index (χ2v) is 10.0. The molecule has 1 atom stereocenters. The zero-order valence-electron chi connectivity index (χ0n) is 20.8. The van der Waals surface area contributed by atoms with Crippen molar-refractivity contribution < 1.29 is 19.2 Å². The van der Waals surface area contributed by atoms with Crippen molar-refractivity contribution >= 4 is 23.3 Å². The maximum Gasteiger partial charge on any atom is 0.255 e. The predicted molar refractivity (Wildman–Crippen MR) is 139 cm³/mol. The van der Waals surface area contributed by atoms with Crippen LogP contribution in [0.1, 0.15) is 63.9 Å². The molecule has 1 fully saturated rings. The maximum atomic E-state index is 12.9. The molecule has 1 aliphatic carbocycles. The van der Waals surface area contributed by atoms with E-state index >= 15 is 0 Å². The molecule has 6 nitrogen and oxygen atoms in total. The van der Waals surface area contributed by atoms with E-state index in [-0.39, 0.29) is 29.7 Å². The molecule has 1 saturated carbocycles. The summed E-state index contributed by atoms with van der Waals surface area (Å²) in [5.41, 5.74) is 6.04. The molecule has 2 heterocycles. The third-order valence-electron chi connectivity index (χ3n) is 7.39. The predicted octanol–water partition coefficient (Wildman–Crippen LogP) is 4.26. The Balaban J connectivity index is 1.12. The summed E-state index contributed by atoms with van der Waals surface area (Å²) in [5, 5.41) is 0. The summed E-state index contributed by atoms with van der Waals surface area (Å²) in [6, 6.07) is 17.5. The molecular formula is C31H30N2O4. The Hall–Kier alpha value is -3.93. The molecule has 2 aliphatic rings. The van der Waals surface area contributed by atoms with Gasteiger partial charge in [-0.25, -0.2) is 0 Å². The molecule has 5 rings (SSSR count). The van der Waals surface area contributed by atoms with Gasteiger partial charge in [-0.3, -0.25) is 24.2 Å². The monoisotopic (exact) mass is 494 g/mol. The van der Waals surface area contributed by atoms with Crippen LogP contribution in [-0.4, -0.2) is 39.2 Å². The number of aromatic nitrogens is 1. The van der Waals surface area contributed by atoms with Gasteiger partial charge in [-0.15, -0.1) is 0 Å². The third-order valence-corrected chi connectivity index (χ3v) is 7.39. The molecule has 0 radical (unpaired) electrons. The van der Waals surface area contributed by atoms with Gasteiger partial charge >= 0.3 is 0 Å². The number of ketones is 3. The van der Waals surface area contributed by atoms with Gasteiger partial charge in [-0.1, -0.05) is 36.4 Å². The number of hydrogen-bond acceptors (Lipinski definition) is 5. The van der Waals surface area contributed by atoms with E-state index < -0.39 is 6.04 Å². The average Bonchev–Trinajstić information content (AvgIpc) is 3.23. The molecular weight excluding hydrogens is 464 g/mol. The minimum absolute atomic E-state index is 0.0469. The van der Waals surface area contributed by atoms with Gasteiger partial charge in [0.1, 0.15) is 11.6 Å². The maximum absolute atomic E-state index is 12.9. The van der Waals surface area contributed by atoms with Gasteiger partial charge in [-0.2, -0.15) is 0 Å². The van der Waals surface area contributed by atoms with Crippen LogP contribution < -0.4 is 0 Å². The summed E-state index contributed by atoms with van der Waals surface area (Å²) in [4.78, 5) is 55.1. The van der Waals surface area contributed by atoms with Gasteiger partial charge in [0.05, 0.1) is 12.5 Å². The Morgan fingerprint density at radius 3 is 2.24 bits per heavy atom. The summed E-state index contributed by atoms with van der Waals surface area (Å²) in [7, 11) is 0. The van der Waals surface area contributed by atoms with Crippen LogP contribution in [0.2, 0.25) is 0 Å². The molecule has 37 heavy (non-hydrogen) atoms. The first-order valence-electron chi connectivity index (χ1n) is 12.9. The third kappa shape index (κ3) is 5.91. The van der Waals surface area contributed by atoms with Crippen LogP contribution in [0.15, 0.2) is 67.0 Å². The fourth-order valence-corrected chi connectivity index (χ4v) is 5.25. The van der Waals surface area contributed by atoms with Crippen LogP contribution in [-0.2, 0) is 46.6 Å². The molecule has 3 aromatic rings. The summed E-state index contributed by atoms with van der Waals surface area (Å²) >= 11 is 0. The zero-order chi connectivity index (χ0) is 25.8. The fraction of sp³-hybridized carbons (Fsp3) is 0.323. The lowest BCUT2D eigenvalue weighted by Gasteiger charge is -2.29. The largest absolute Gasteiger partial charge is 0.324 e. The molecule has 0 spiro atoms. The van der Waals surface area contributed by atoms with E-state index in [1.165, 1.54) is 11.1 Å². The molecule has 0 bridgehead atoms. The molecule has 1 aromatic heterocycles. The highest BCUT2D eigenvalue weighted by atomic mass is 16.2. The molecule has 2 aromatic carbocycles. The number of pyridine rings is 1. The van der Waals surface area contributed by atoms with Crippen LogP contribution >= 0.6 is 0 Å². The van der Waals surface area contributed by atoms with Crippen molar-refractivity contribution in [2.45, 2.75) is 64.0 Å². The van der Waals surface area contributed by atoms with Crippen LogP contribution in [0.4, 0.5) is 0 Å². The SMILES string of the molecule is O=C1CCC(N2Cc3cc(CCC(=O)Cc4ccc(CCc5ccncc5)cc4)ccc3C2=O)C(=O)C1. The van der Waals surface area contributed by atoms with Gasteiger partial charge in [0.2, 0.25) is 0 Å². The first-order valence-corrected chi connectivity index (χ1v) is 12.9. The molecule has 0 saturated heterocycles. The van der Waals surface area contributed by atoms with Crippen LogP contribution in [0.5, 0.6) is 0 Å². The number of amides is 1. The number of fused-ring (bicyclic) bond motifs is 1. The first-order chi connectivity index (χ1) is 18.0. The van der Waals surface area contributed by atoms with Gasteiger partial charge in [-0.05, 0) is 71.7 Å². The summed E-state index contributed by atoms with van der Waals surface area (Å²) in [5.74, 6) is -0.172. The molecule has 0 N–H and O–H groups in total. The average molecular weight is 495 g/mol. The fourth-order valence-electron chi connectivity index (χ4n) is 5.25. The quantitative estimate of drug-likeness (QED) is 0.415. The van der Waals surface area contributed by atoms with Gasteiger partial charge < -0.3 is 4.90 Å². The topological polar surface area (TPSA) is 84.4 Å². The van der Waals surface area contributed by atoms with E-state index in [4.69, 9.17) is 0 Å². The van der Waals surface area contributed by atoms with E-state index in [1.807, 2.05) is 48.8 Å². The van der Waals surface area contributed by atoms with Gasteiger partial charge in [0.25, 0.3) is 5.91 Å². The standard InChI is InChI=1S/C31H30N2O4/c34-26(18-24-5-3-21(4-6-24)1-2-22-13-15-32-16-14-22)9-7-23-8-11-28-25(17-23)20-33(31(28)37)29-12-10-27(35)19-30(29)36/h3-6,8,11,13-17,29H,1-2,7,9-10,12,18-20H2. The van der Waals surface area contributed by atoms with Crippen molar-refractivity contribution in [1.82, 2.24) is 9.88 Å². The molecule has 1 aliphatic heterocycles. The van der Waals surface area contributed by atoms with Gasteiger partial charge in [0.15, 0.2) is 5.78 Å². The molecule has 6 heteroatoms. The van der Waals surface area contributed by atoms with Gasteiger partial charge in [0, 0.05) is 43.8 Å². The normalized spacial score (nSPS) is 17.2. The highest BCUT2D eigenvalue weighted by molar-refractivity contribution is 6.07. The number of nitrogens with zero attached hydrogens (tertiary/aromatic N) is 2. The highest BCUT2D eigenvalue weighted by Crippen LogP contribution is 2.30. The highest BCUT2D eigenvalue weighted by Gasteiger charge is 2.38. The second kappa shape index (κ2) is 11.0. The van der Waals surface area contributed by atoms with E-state index in [1.54, 1.807) is 11.0 Å². The summed E-state index contributed by atoms with van der Waals surface area (Å²) < 4.78 is 0. The van der Waals surface area contributed by atoms with E-state index in [9.17, 15) is 19.2 Å². The number of Topliss-reactive ketones (excluding diaryl/α,β-unsaturated/α-hetero) is 3.